The van der Waals surface area contributed by atoms with Gasteiger partial charge in [-0.15, -0.1) is 5.10 Å². The molecule has 1 amide bonds. The van der Waals surface area contributed by atoms with E-state index in [0.29, 0.717) is 32.3 Å². The number of halogens is 2. The molecule has 2 aromatic carbocycles. The molecule has 2 heterocycles. The molecule has 0 aliphatic heterocycles. The number of hydrogen-bond acceptors (Lipinski definition) is 6. The second kappa shape index (κ2) is 9.91. The Morgan fingerprint density at radius 1 is 0.970 bits per heavy atom. The number of nitrogens with one attached hydrogen (secondary N) is 1. The fourth-order valence-corrected chi connectivity index (χ4v) is 4.40. The highest BCUT2D eigenvalue weighted by atomic mass is 35.5. The second-order valence-corrected chi connectivity index (χ2v) is 9.19. The van der Waals surface area contributed by atoms with E-state index in [-0.39, 0.29) is 5.69 Å². The van der Waals surface area contributed by atoms with Gasteiger partial charge in [0.2, 0.25) is 0 Å². The number of benzene rings is 2. The van der Waals surface area contributed by atoms with Crippen molar-refractivity contribution in [2.75, 3.05) is 5.32 Å². The molecule has 33 heavy (non-hydrogen) atoms. The lowest BCUT2D eigenvalue weighted by atomic mass is 10.2. The molecule has 0 saturated heterocycles. The van der Waals surface area contributed by atoms with Gasteiger partial charge in [-0.2, -0.15) is 0 Å². The molecule has 0 spiro atoms. The van der Waals surface area contributed by atoms with Crippen molar-refractivity contribution in [1.82, 2.24) is 25.0 Å². The molecule has 1 N–H and O–H groups in total. The number of aromatic nitrogens is 5. The topological polar surface area (TPSA) is 85.6 Å². The Labute approximate surface area is 205 Å². The zero-order chi connectivity index (χ0) is 23.5. The van der Waals surface area contributed by atoms with E-state index in [1.54, 1.807) is 22.9 Å². The Kier molecular flexibility index (Phi) is 6.97. The van der Waals surface area contributed by atoms with E-state index in [4.69, 9.17) is 23.2 Å². The first-order chi connectivity index (χ1) is 15.8. The van der Waals surface area contributed by atoms with Crippen LogP contribution in [0.15, 0.2) is 53.7 Å². The van der Waals surface area contributed by atoms with Crippen molar-refractivity contribution < 1.29 is 4.79 Å². The van der Waals surface area contributed by atoms with Gasteiger partial charge in [-0.05, 0) is 57.2 Å². The Balaban J connectivity index is 1.67. The van der Waals surface area contributed by atoms with Crippen LogP contribution in [0.4, 0.5) is 5.69 Å². The molecule has 0 radical (unpaired) electrons. The molecule has 2 aromatic heterocycles. The van der Waals surface area contributed by atoms with E-state index in [0.717, 1.165) is 22.6 Å². The largest absolute Gasteiger partial charge is 0.320 e. The number of aryl methyl sites for hydroxylation is 3. The lowest BCUT2D eigenvalue weighted by Gasteiger charge is -2.09. The summed E-state index contributed by atoms with van der Waals surface area (Å²) in [4.78, 5) is 22.1. The molecular weight excluding hydrogens is 479 g/mol. The van der Waals surface area contributed by atoms with Gasteiger partial charge in [0, 0.05) is 22.8 Å². The molecule has 0 unspecified atom stereocenters. The average Bonchev–Trinajstić information content (AvgIpc) is 3.19. The summed E-state index contributed by atoms with van der Waals surface area (Å²) in [6.45, 7) is 5.86. The maximum absolute atomic E-state index is 13.1. The molecule has 0 aliphatic carbocycles. The van der Waals surface area contributed by atoms with E-state index in [1.165, 1.54) is 11.8 Å². The number of carbonyl (C=O) groups excluding carboxylic acids is 1. The lowest BCUT2D eigenvalue weighted by molar-refractivity contribution is 0.102. The van der Waals surface area contributed by atoms with Crippen LogP contribution in [0.25, 0.3) is 5.69 Å². The van der Waals surface area contributed by atoms with Gasteiger partial charge < -0.3 is 5.32 Å². The number of thioether (sulfide) groups is 1. The van der Waals surface area contributed by atoms with Crippen molar-refractivity contribution >= 4 is 46.6 Å². The van der Waals surface area contributed by atoms with Crippen molar-refractivity contribution in [1.29, 1.82) is 0 Å². The van der Waals surface area contributed by atoms with Gasteiger partial charge >= 0.3 is 0 Å². The van der Waals surface area contributed by atoms with Crippen molar-refractivity contribution in [2.24, 2.45) is 0 Å². The summed E-state index contributed by atoms with van der Waals surface area (Å²) in [5.74, 6) is -0.00264. The molecule has 0 atom stereocenters. The molecule has 4 rings (SSSR count). The van der Waals surface area contributed by atoms with E-state index in [9.17, 15) is 4.79 Å². The summed E-state index contributed by atoms with van der Waals surface area (Å²) in [5.41, 5.74) is 5.04. The summed E-state index contributed by atoms with van der Waals surface area (Å²) >= 11 is 13.5. The fraction of sp³-hybridized carbons (Fsp3) is 0.174. The standard InChI is InChI=1S/C23H20Cl2N6OS/c1-13-4-7-17(8-5-13)31-20(12-33-23-26-14(2)10-15(3)27-23)21(29-30-31)22(32)28-16-6-9-18(24)19(25)11-16/h4-11H,12H2,1-3H3,(H,28,32). The fourth-order valence-electron chi connectivity index (χ4n) is 3.16. The summed E-state index contributed by atoms with van der Waals surface area (Å²) < 4.78 is 1.67. The molecule has 10 heteroatoms. The highest BCUT2D eigenvalue weighted by molar-refractivity contribution is 7.98. The summed E-state index contributed by atoms with van der Waals surface area (Å²) in [7, 11) is 0. The SMILES string of the molecule is Cc1ccc(-n2nnc(C(=O)Nc3ccc(Cl)c(Cl)c3)c2CSc2nc(C)cc(C)n2)cc1. The van der Waals surface area contributed by atoms with E-state index >= 15 is 0 Å². The Hall–Kier alpha value is -2.94. The van der Waals surface area contributed by atoms with E-state index in [2.05, 4.69) is 25.6 Å². The number of anilines is 1. The molecule has 0 aliphatic rings. The third-order valence-electron chi connectivity index (χ3n) is 4.73. The number of carbonyl (C=O) groups is 1. The monoisotopic (exact) mass is 498 g/mol. The summed E-state index contributed by atoms with van der Waals surface area (Å²) in [5, 5.41) is 12.6. The first kappa shape index (κ1) is 23.2. The van der Waals surface area contributed by atoms with Crippen LogP contribution < -0.4 is 5.32 Å². The molecular formula is C23H20Cl2N6OS. The first-order valence-corrected chi connectivity index (χ1v) is 11.8. The van der Waals surface area contributed by atoms with Crippen LogP contribution in [0, 0.1) is 20.8 Å². The minimum atomic E-state index is -0.399. The van der Waals surface area contributed by atoms with Gasteiger partial charge in [-0.3, -0.25) is 4.79 Å². The van der Waals surface area contributed by atoms with Crippen LogP contribution in [-0.4, -0.2) is 30.9 Å². The average molecular weight is 499 g/mol. The Bertz CT molecular complexity index is 1300. The predicted molar refractivity (Wildman–Crippen MR) is 132 cm³/mol. The number of rotatable bonds is 6. The summed E-state index contributed by atoms with van der Waals surface area (Å²) in [6.07, 6.45) is 0. The zero-order valence-electron chi connectivity index (χ0n) is 18.1. The molecule has 0 bridgehead atoms. The minimum Gasteiger partial charge on any atom is -0.320 e. The number of hydrogen-bond donors (Lipinski definition) is 1. The Morgan fingerprint density at radius 3 is 2.33 bits per heavy atom. The Morgan fingerprint density at radius 2 is 1.67 bits per heavy atom. The zero-order valence-corrected chi connectivity index (χ0v) is 20.5. The second-order valence-electron chi connectivity index (χ2n) is 7.44. The molecule has 0 fully saturated rings. The quantitative estimate of drug-likeness (QED) is 0.265. The smallest absolute Gasteiger partial charge is 0.278 e. The normalized spacial score (nSPS) is 10.9. The van der Waals surface area contributed by atoms with Gasteiger partial charge in [-0.1, -0.05) is 57.9 Å². The van der Waals surface area contributed by atoms with Gasteiger partial charge in [0.05, 0.1) is 21.4 Å². The lowest BCUT2D eigenvalue weighted by Crippen LogP contribution is -2.15. The van der Waals surface area contributed by atoms with Crippen molar-refractivity contribution in [3.8, 4) is 5.69 Å². The van der Waals surface area contributed by atoms with Crippen LogP contribution in [-0.2, 0) is 5.75 Å². The predicted octanol–water partition coefficient (Wildman–Crippen LogP) is 5.83. The third kappa shape index (κ3) is 5.52. The molecule has 7 nitrogen and oxygen atoms in total. The van der Waals surface area contributed by atoms with Crippen LogP contribution in [0.5, 0.6) is 0 Å². The summed E-state index contributed by atoms with van der Waals surface area (Å²) in [6, 6.07) is 14.6. The third-order valence-corrected chi connectivity index (χ3v) is 6.33. The molecule has 168 valence electrons. The highest BCUT2D eigenvalue weighted by Crippen LogP contribution is 2.27. The molecule has 4 aromatic rings. The van der Waals surface area contributed by atoms with Gasteiger partial charge in [0.25, 0.3) is 5.91 Å². The minimum absolute atomic E-state index is 0.207. The van der Waals surface area contributed by atoms with E-state index < -0.39 is 5.91 Å². The number of nitrogens with zero attached hydrogens (tertiary/aromatic N) is 5. The maximum Gasteiger partial charge on any atom is 0.278 e. The van der Waals surface area contributed by atoms with Gasteiger partial charge in [0.1, 0.15) is 0 Å². The van der Waals surface area contributed by atoms with Crippen LogP contribution in [0.1, 0.15) is 33.1 Å². The molecule has 0 saturated carbocycles. The van der Waals surface area contributed by atoms with Crippen molar-refractivity contribution in [3.05, 3.63) is 86.9 Å². The maximum atomic E-state index is 13.1. The van der Waals surface area contributed by atoms with Crippen LogP contribution >= 0.6 is 35.0 Å². The van der Waals surface area contributed by atoms with Gasteiger partial charge in [-0.25, -0.2) is 14.6 Å². The van der Waals surface area contributed by atoms with Crippen LogP contribution in [0.2, 0.25) is 10.0 Å². The van der Waals surface area contributed by atoms with Crippen molar-refractivity contribution in [2.45, 2.75) is 31.7 Å². The first-order valence-electron chi connectivity index (χ1n) is 10.0. The highest BCUT2D eigenvalue weighted by Gasteiger charge is 2.22. The number of amides is 1. The van der Waals surface area contributed by atoms with Gasteiger partial charge in [0.15, 0.2) is 10.9 Å². The van der Waals surface area contributed by atoms with Crippen LogP contribution in [0.3, 0.4) is 0 Å². The van der Waals surface area contributed by atoms with Crippen molar-refractivity contribution in [3.63, 3.8) is 0 Å². The van der Waals surface area contributed by atoms with E-state index in [1.807, 2.05) is 51.1 Å².